The summed E-state index contributed by atoms with van der Waals surface area (Å²) < 4.78 is 0. The molecule has 1 fully saturated rings. The van der Waals surface area contributed by atoms with Crippen molar-refractivity contribution in [2.75, 3.05) is 19.3 Å². The summed E-state index contributed by atoms with van der Waals surface area (Å²) in [7, 11) is 1.67. The van der Waals surface area contributed by atoms with Crippen LogP contribution in [0.4, 0.5) is 5.13 Å². The van der Waals surface area contributed by atoms with E-state index in [-0.39, 0.29) is 11.9 Å². The first kappa shape index (κ1) is 11.3. The van der Waals surface area contributed by atoms with Gasteiger partial charge in [-0.3, -0.25) is 9.69 Å². The van der Waals surface area contributed by atoms with E-state index < -0.39 is 0 Å². The molecule has 1 aliphatic rings. The lowest BCUT2D eigenvalue weighted by Crippen LogP contribution is -2.41. The Hall–Kier alpha value is -1.21. The third-order valence-electron chi connectivity index (χ3n) is 2.73. The molecular weight excluding hydrogens is 226 g/mol. The minimum absolute atomic E-state index is 0.0323. The van der Waals surface area contributed by atoms with Crippen LogP contribution in [0.5, 0.6) is 0 Å². The number of nitrogens with two attached hydrogens (primary N) is 1. The number of hydrogen-bond acceptors (Lipinski definition) is 6. The van der Waals surface area contributed by atoms with Gasteiger partial charge in [-0.1, -0.05) is 11.3 Å². The Morgan fingerprint density at radius 1 is 1.69 bits per heavy atom. The van der Waals surface area contributed by atoms with Crippen LogP contribution in [-0.4, -0.2) is 40.6 Å². The second-order valence-corrected chi connectivity index (χ2v) is 4.87. The molecule has 0 saturated carbocycles. The number of nitrogens with zero attached hydrogens (tertiary/aromatic N) is 3. The van der Waals surface area contributed by atoms with Crippen molar-refractivity contribution in [3.05, 3.63) is 5.01 Å². The lowest BCUT2D eigenvalue weighted by Gasteiger charge is -2.21. The van der Waals surface area contributed by atoms with Gasteiger partial charge in [0.1, 0.15) is 5.01 Å². The zero-order chi connectivity index (χ0) is 11.5. The molecule has 1 amide bonds. The van der Waals surface area contributed by atoms with Gasteiger partial charge in [-0.25, -0.2) is 0 Å². The molecule has 7 heteroatoms. The summed E-state index contributed by atoms with van der Waals surface area (Å²) in [4.78, 5) is 13.7. The highest BCUT2D eigenvalue weighted by atomic mass is 32.1. The van der Waals surface area contributed by atoms with Gasteiger partial charge in [-0.05, 0) is 19.4 Å². The summed E-state index contributed by atoms with van der Waals surface area (Å²) >= 11 is 1.38. The molecule has 0 spiro atoms. The molecule has 88 valence electrons. The van der Waals surface area contributed by atoms with Crippen LogP contribution < -0.4 is 11.1 Å². The van der Waals surface area contributed by atoms with Crippen molar-refractivity contribution < 1.29 is 4.79 Å². The number of aromatic nitrogens is 2. The van der Waals surface area contributed by atoms with E-state index in [9.17, 15) is 4.79 Å². The van der Waals surface area contributed by atoms with Gasteiger partial charge < -0.3 is 11.1 Å². The molecule has 1 saturated heterocycles. The van der Waals surface area contributed by atoms with Gasteiger partial charge in [-0.15, -0.1) is 10.2 Å². The van der Waals surface area contributed by atoms with Gasteiger partial charge in [0.15, 0.2) is 0 Å². The van der Waals surface area contributed by atoms with Crippen LogP contribution in [0.25, 0.3) is 0 Å². The van der Waals surface area contributed by atoms with Crippen LogP contribution in [0.2, 0.25) is 0 Å². The highest BCUT2D eigenvalue weighted by molar-refractivity contribution is 7.15. The lowest BCUT2D eigenvalue weighted by molar-refractivity contribution is -0.125. The Morgan fingerprint density at radius 3 is 3.12 bits per heavy atom. The largest absolute Gasteiger partial charge is 0.374 e. The molecule has 1 atom stereocenters. The molecule has 1 aromatic rings. The van der Waals surface area contributed by atoms with Crippen LogP contribution in [-0.2, 0) is 11.3 Å². The molecule has 2 rings (SSSR count). The molecule has 1 aromatic heterocycles. The minimum Gasteiger partial charge on any atom is -0.374 e. The van der Waals surface area contributed by atoms with Crippen LogP contribution in [0.3, 0.4) is 0 Å². The Kier molecular flexibility index (Phi) is 3.35. The molecule has 0 radical (unpaired) electrons. The van der Waals surface area contributed by atoms with Gasteiger partial charge in [0.25, 0.3) is 0 Å². The van der Waals surface area contributed by atoms with Crippen molar-refractivity contribution in [1.82, 2.24) is 20.4 Å². The summed E-state index contributed by atoms with van der Waals surface area (Å²) in [5.41, 5.74) is 5.52. The fourth-order valence-electron chi connectivity index (χ4n) is 1.98. The number of amides is 1. The maximum absolute atomic E-state index is 11.6. The SMILES string of the molecule is CNC(=O)C1CCCN1Cc1nnc(N)s1. The zero-order valence-electron chi connectivity index (χ0n) is 9.14. The number of nitrogens with one attached hydrogen (secondary N) is 1. The van der Waals surface area contributed by atoms with Crippen molar-refractivity contribution >= 4 is 22.4 Å². The molecule has 16 heavy (non-hydrogen) atoms. The molecule has 6 nitrogen and oxygen atoms in total. The van der Waals surface area contributed by atoms with E-state index in [0.29, 0.717) is 11.7 Å². The molecule has 3 N–H and O–H groups in total. The summed E-state index contributed by atoms with van der Waals surface area (Å²) in [6, 6.07) is -0.0323. The summed E-state index contributed by atoms with van der Waals surface area (Å²) in [6.45, 7) is 1.59. The molecule has 1 aliphatic heterocycles. The number of likely N-dealkylation sites (tertiary alicyclic amines) is 1. The van der Waals surface area contributed by atoms with E-state index in [1.165, 1.54) is 11.3 Å². The molecule has 2 heterocycles. The first-order chi connectivity index (χ1) is 7.70. The van der Waals surface area contributed by atoms with Crippen molar-refractivity contribution in [1.29, 1.82) is 0 Å². The summed E-state index contributed by atoms with van der Waals surface area (Å²) in [5.74, 6) is 0.0787. The zero-order valence-corrected chi connectivity index (χ0v) is 9.96. The van der Waals surface area contributed by atoms with E-state index in [4.69, 9.17) is 5.73 Å². The van der Waals surface area contributed by atoms with Crippen LogP contribution >= 0.6 is 11.3 Å². The number of nitrogen functional groups attached to an aromatic ring is 1. The van der Waals surface area contributed by atoms with Crippen molar-refractivity contribution in [2.45, 2.75) is 25.4 Å². The Bertz CT molecular complexity index is 380. The Morgan fingerprint density at radius 2 is 2.50 bits per heavy atom. The van der Waals surface area contributed by atoms with Crippen molar-refractivity contribution in [3.63, 3.8) is 0 Å². The average molecular weight is 241 g/mol. The fourth-order valence-corrected chi connectivity index (χ4v) is 2.62. The van der Waals surface area contributed by atoms with Gasteiger partial charge in [-0.2, -0.15) is 0 Å². The number of carbonyl (C=O) groups is 1. The third kappa shape index (κ3) is 2.30. The molecule has 0 bridgehead atoms. The topological polar surface area (TPSA) is 84.1 Å². The number of carbonyl (C=O) groups excluding carboxylic acids is 1. The van der Waals surface area contributed by atoms with Crippen LogP contribution in [0, 0.1) is 0 Å². The van der Waals surface area contributed by atoms with E-state index >= 15 is 0 Å². The van der Waals surface area contributed by atoms with Crippen molar-refractivity contribution in [2.24, 2.45) is 0 Å². The van der Waals surface area contributed by atoms with E-state index in [0.717, 1.165) is 24.4 Å². The van der Waals surface area contributed by atoms with Gasteiger partial charge in [0, 0.05) is 7.05 Å². The predicted molar refractivity (Wildman–Crippen MR) is 61.8 cm³/mol. The number of likely N-dealkylation sites (N-methyl/N-ethyl adjacent to an activating group) is 1. The first-order valence-corrected chi connectivity index (χ1v) is 6.06. The minimum atomic E-state index is -0.0323. The standard InChI is InChI=1S/C9H15N5OS/c1-11-8(15)6-3-2-4-14(6)5-7-12-13-9(10)16-7/h6H,2-5H2,1H3,(H2,10,13)(H,11,15). The van der Waals surface area contributed by atoms with E-state index in [2.05, 4.69) is 20.4 Å². The maximum atomic E-state index is 11.6. The highest BCUT2D eigenvalue weighted by Gasteiger charge is 2.30. The van der Waals surface area contributed by atoms with Crippen LogP contribution in [0.1, 0.15) is 17.8 Å². The second kappa shape index (κ2) is 4.75. The lowest BCUT2D eigenvalue weighted by atomic mass is 10.2. The van der Waals surface area contributed by atoms with E-state index in [1.54, 1.807) is 7.05 Å². The number of rotatable bonds is 3. The number of hydrogen-bond donors (Lipinski definition) is 2. The molecule has 0 aliphatic carbocycles. The highest BCUT2D eigenvalue weighted by Crippen LogP contribution is 2.22. The van der Waals surface area contributed by atoms with Crippen LogP contribution in [0.15, 0.2) is 0 Å². The van der Waals surface area contributed by atoms with Gasteiger partial charge in [0.05, 0.1) is 12.6 Å². The average Bonchev–Trinajstić information content (AvgIpc) is 2.87. The third-order valence-corrected chi connectivity index (χ3v) is 3.47. The second-order valence-electron chi connectivity index (χ2n) is 3.78. The van der Waals surface area contributed by atoms with Gasteiger partial charge >= 0.3 is 0 Å². The molecule has 0 aromatic carbocycles. The fraction of sp³-hybridized carbons (Fsp3) is 0.667. The normalized spacial score (nSPS) is 21.2. The molecule has 1 unspecified atom stereocenters. The molecular formula is C9H15N5OS. The smallest absolute Gasteiger partial charge is 0.237 e. The Labute approximate surface area is 97.8 Å². The summed E-state index contributed by atoms with van der Waals surface area (Å²) in [5, 5.41) is 11.8. The Balaban J connectivity index is 2.01. The van der Waals surface area contributed by atoms with E-state index in [1.807, 2.05) is 0 Å². The summed E-state index contributed by atoms with van der Waals surface area (Å²) in [6.07, 6.45) is 1.96. The van der Waals surface area contributed by atoms with Crippen molar-refractivity contribution in [3.8, 4) is 0 Å². The number of anilines is 1. The monoisotopic (exact) mass is 241 g/mol. The first-order valence-electron chi connectivity index (χ1n) is 5.24. The quantitative estimate of drug-likeness (QED) is 0.767. The van der Waals surface area contributed by atoms with Gasteiger partial charge in [0.2, 0.25) is 11.0 Å². The maximum Gasteiger partial charge on any atom is 0.237 e. The predicted octanol–water partition coefficient (Wildman–Crippen LogP) is -0.169.